The van der Waals surface area contributed by atoms with Gasteiger partial charge in [0.05, 0.1) is 12.1 Å². The fourth-order valence-electron chi connectivity index (χ4n) is 1.82. The molecule has 1 atom stereocenters. The van der Waals surface area contributed by atoms with Crippen LogP contribution in [0.4, 0.5) is 4.39 Å². The summed E-state index contributed by atoms with van der Waals surface area (Å²) in [5.74, 6) is -0.293. The Labute approximate surface area is 103 Å². The van der Waals surface area contributed by atoms with Crippen LogP contribution < -0.4 is 5.32 Å². The van der Waals surface area contributed by atoms with Crippen molar-refractivity contribution < 1.29 is 9.50 Å². The van der Waals surface area contributed by atoms with Crippen LogP contribution in [0.3, 0.4) is 0 Å². The van der Waals surface area contributed by atoms with E-state index in [1.807, 2.05) is 6.92 Å². The maximum absolute atomic E-state index is 13.8. The van der Waals surface area contributed by atoms with Gasteiger partial charge in [0, 0.05) is 16.1 Å². The molecule has 88 valence electrons. The van der Waals surface area contributed by atoms with Crippen molar-refractivity contribution in [2.24, 2.45) is 0 Å². The number of halogens is 2. The number of hydrogen-bond acceptors (Lipinski definition) is 2. The molecule has 0 bridgehead atoms. The average Bonchev–Trinajstić information content (AvgIpc) is 3.01. The number of nitrogens with one attached hydrogen (secondary N) is 1. The second-order valence-corrected chi connectivity index (χ2v) is 5.45. The lowest BCUT2D eigenvalue weighted by molar-refractivity contribution is 0.169. The van der Waals surface area contributed by atoms with Crippen LogP contribution in [0.2, 0.25) is 0 Å². The lowest BCUT2D eigenvalue weighted by atomic mass is 9.92. The van der Waals surface area contributed by atoms with E-state index in [-0.39, 0.29) is 12.4 Å². The van der Waals surface area contributed by atoms with E-state index in [1.165, 1.54) is 6.07 Å². The monoisotopic (exact) mass is 287 g/mol. The Hall–Kier alpha value is -0.450. The van der Waals surface area contributed by atoms with Gasteiger partial charge in [-0.05, 0) is 31.9 Å². The minimum atomic E-state index is -0.689. The molecule has 1 aromatic carbocycles. The SMILES string of the molecule is CC(CO)(NC1CC1)c1ccc(Br)cc1F. The predicted octanol–water partition coefficient (Wildman–Crippen LogP) is 2.55. The van der Waals surface area contributed by atoms with Crippen LogP contribution in [0.15, 0.2) is 22.7 Å². The zero-order valence-electron chi connectivity index (χ0n) is 9.13. The van der Waals surface area contributed by atoms with E-state index in [0.717, 1.165) is 12.8 Å². The molecule has 0 amide bonds. The highest BCUT2D eigenvalue weighted by atomic mass is 79.9. The number of aliphatic hydroxyl groups excluding tert-OH is 1. The van der Waals surface area contributed by atoms with Crippen molar-refractivity contribution in [3.05, 3.63) is 34.1 Å². The third-order valence-corrected chi connectivity index (χ3v) is 3.44. The predicted molar refractivity (Wildman–Crippen MR) is 64.7 cm³/mol. The van der Waals surface area contributed by atoms with Crippen LogP contribution in [0.5, 0.6) is 0 Å². The fraction of sp³-hybridized carbons (Fsp3) is 0.500. The summed E-state index contributed by atoms with van der Waals surface area (Å²) in [5, 5.41) is 12.8. The number of hydrogen-bond donors (Lipinski definition) is 2. The minimum Gasteiger partial charge on any atom is -0.394 e. The summed E-state index contributed by atoms with van der Waals surface area (Å²) in [5.41, 5.74) is -0.170. The molecule has 1 aliphatic carbocycles. The Kier molecular flexibility index (Phi) is 3.33. The molecule has 0 saturated heterocycles. The lowest BCUT2D eigenvalue weighted by Crippen LogP contribution is -2.44. The molecule has 1 aromatic rings. The Morgan fingerprint density at radius 2 is 2.25 bits per heavy atom. The fourth-order valence-corrected chi connectivity index (χ4v) is 2.16. The van der Waals surface area contributed by atoms with Gasteiger partial charge in [0.2, 0.25) is 0 Å². The smallest absolute Gasteiger partial charge is 0.129 e. The van der Waals surface area contributed by atoms with E-state index in [4.69, 9.17) is 0 Å². The molecule has 1 aliphatic rings. The van der Waals surface area contributed by atoms with Crippen LogP contribution in [0.25, 0.3) is 0 Å². The zero-order chi connectivity index (χ0) is 11.8. The quantitative estimate of drug-likeness (QED) is 0.892. The first-order chi connectivity index (χ1) is 7.55. The molecule has 0 spiro atoms. The highest BCUT2D eigenvalue weighted by molar-refractivity contribution is 9.10. The van der Waals surface area contributed by atoms with Crippen molar-refractivity contribution in [2.75, 3.05) is 6.61 Å². The molecule has 2 nitrogen and oxygen atoms in total. The molecule has 0 radical (unpaired) electrons. The third kappa shape index (κ3) is 2.44. The van der Waals surface area contributed by atoms with Crippen molar-refractivity contribution in [1.82, 2.24) is 5.32 Å². The molecule has 0 aromatic heterocycles. The second-order valence-electron chi connectivity index (χ2n) is 4.53. The first-order valence-corrected chi connectivity index (χ1v) is 6.18. The highest BCUT2D eigenvalue weighted by Crippen LogP contribution is 2.30. The highest BCUT2D eigenvalue weighted by Gasteiger charge is 2.35. The summed E-state index contributed by atoms with van der Waals surface area (Å²) in [6.07, 6.45) is 2.21. The van der Waals surface area contributed by atoms with E-state index in [9.17, 15) is 9.50 Å². The standard InChI is InChI=1S/C12H15BrFNO/c1-12(7-16,15-9-3-4-9)10-5-2-8(13)6-11(10)14/h2,5-6,9,15-16H,3-4,7H2,1H3. The largest absolute Gasteiger partial charge is 0.394 e. The van der Waals surface area contributed by atoms with Crippen LogP contribution in [0.1, 0.15) is 25.3 Å². The average molecular weight is 288 g/mol. The molecule has 0 heterocycles. The van der Waals surface area contributed by atoms with Gasteiger partial charge in [-0.2, -0.15) is 0 Å². The molecule has 2 rings (SSSR count). The molecular weight excluding hydrogens is 273 g/mol. The summed E-state index contributed by atoms with van der Waals surface area (Å²) in [6.45, 7) is 1.72. The van der Waals surface area contributed by atoms with Crippen LogP contribution in [-0.2, 0) is 5.54 Å². The van der Waals surface area contributed by atoms with E-state index in [1.54, 1.807) is 12.1 Å². The third-order valence-electron chi connectivity index (χ3n) is 2.94. The maximum Gasteiger partial charge on any atom is 0.129 e. The Balaban J connectivity index is 2.30. The van der Waals surface area contributed by atoms with E-state index in [2.05, 4.69) is 21.2 Å². The van der Waals surface area contributed by atoms with Crippen LogP contribution in [0, 0.1) is 5.82 Å². The summed E-state index contributed by atoms with van der Waals surface area (Å²) < 4.78 is 14.5. The first-order valence-electron chi connectivity index (χ1n) is 5.39. The van der Waals surface area contributed by atoms with Gasteiger partial charge < -0.3 is 10.4 Å². The van der Waals surface area contributed by atoms with Crippen molar-refractivity contribution in [3.8, 4) is 0 Å². The van der Waals surface area contributed by atoms with Gasteiger partial charge in [-0.15, -0.1) is 0 Å². The van der Waals surface area contributed by atoms with Crippen LogP contribution in [-0.4, -0.2) is 17.8 Å². The summed E-state index contributed by atoms with van der Waals surface area (Å²) in [7, 11) is 0. The number of aliphatic hydroxyl groups is 1. The Morgan fingerprint density at radius 1 is 1.56 bits per heavy atom. The Bertz CT molecular complexity index is 395. The molecule has 1 saturated carbocycles. The summed E-state index contributed by atoms with van der Waals surface area (Å²) >= 11 is 3.23. The van der Waals surface area contributed by atoms with Gasteiger partial charge in [-0.3, -0.25) is 0 Å². The summed E-state index contributed by atoms with van der Waals surface area (Å²) in [4.78, 5) is 0. The van der Waals surface area contributed by atoms with Gasteiger partial charge in [-0.25, -0.2) is 4.39 Å². The van der Waals surface area contributed by atoms with Gasteiger partial charge >= 0.3 is 0 Å². The van der Waals surface area contributed by atoms with Gasteiger partial charge in [0.15, 0.2) is 0 Å². The molecule has 1 unspecified atom stereocenters. The van der Waals surface area contributed by atoms with E-state index in [0.29, 0.717) is 16.1 Å². The van der Waals surface area contributed by atoms with Crippen molar-refractivity contribution in [1.29, 1.82) is 0 Å². The van der Waals surface area contributed by atoms with E-state index < -0.39 is 5.54 Å². The number of rotatable bonds is 4. The number of benzene rings is 1. The van der Waals surface area contributed by atoms with Gasteiger partial charge in [0.1, 0.15) is 5.82 Å². The lowest BCUT2D eigenvalue weighted by Gasteiger charge is -2.30. The van der Waals surface area contributed by atoms with Crippen molar-refractivity contribution in [3.63, 3.8) is 0 Å². The van der Waals surface area contributed by atoms with Crippen molar-refractivity contribution in [2.45, 2.75) is 31.3 Å². The van der Waals surface area contributed by atoms with Crippen molar-refractivity contribution >= 4 is 15.9 Å². The molecule has 2 N–H and O–H groups in total. The van der Waals surface area contributed by atoms with Gasteiger partial charge in [0.25, 0.3) is 0 Å². The maximum atomic E-state index is 13.8. The topological polar surface area (TPSA) is 32.3 Å². The zero-order valence-corrected chi connectivity index (χ0v) is 10.7. The molecule has 16 heavy (non-hydrogen) atoms. The Morgan fingerprint density at radius 3 is 2.75 bits per heavy atom. The van der Waals surface area contributed by atoms with Gasteiger partial charge in [-0.1, -0.05) is 22.0 Å². The molecular formula is C12H15BrFNO. The van der Waals surface area contributed by atoms with E-state index >= 15 is 0 Å². The molecule has 0 aliphatic heterocycles. The summed E-state index contributed by atoms with van der Waals surface area (Å²) in [6, 6.07) is 5.35. The van der Waals surface area contributed by atoms with Crippen LogP contribution >= 0.6 is 15.9 Å². The first kappa shape index (κ1) is 12.0. The minimum absolute atomic E-state index is 0.109. The molecule has 4 heteroatoms. The normalized spacial score (nSPS) is 19.5. The molecule has 1 fully saturated rings. The second kappa shape index (κ2) is 4.43.